The highest BCUT2D eigenvalue weighted by atomic mass is 79.9. The quantitative estimate of drug-likeness (QED) is 0.886. The van der Waals surface area contributed by atoms with E-state index in [2.05, 4.69) is 15.9 Å². The molecule has 0 bridgehead atoms. The number of sulfonamides is 1. The van der Waals surface area contributed by atoms with Gasteiger partial charge in [-0.3, -0.25) is 4.72 Å². The second-order valence-corrected chi connectivity index (χ2v) is 6.59. The molecule has 0 aromatic heterocycles. The fraction of sp³-hybridized carbons (Fsp3) is 0.0769. The monoisotopic (exact) mass is 377 g/mol. The smallest absolute Gasteiger partial charge is 0.264 e. The van der Waals surface area contributed by atoms with E-state index in [-0.39, 0.29) is 11.4 Å². The van der Waals surface area contributed by atoms with Gasteiger partial charge in [-0.25, -0.2) is 17.2 Å². The van der Waals surface area contributed by atoms with E-state index in [1.165, 1.54) is 25.3 Å². The van der Waals surface area contributed by atoms with Crippen LogP contribution in [0.5, 0.6) is 5.75 Å². The number of methoxy groups -OCH3 is 1. The molecule has 0 saturated heterocycles. The van der Waals surface area contributed by atoms with Crippen molar-refractivity contribution in [2.75, 3.05) is 11.8 Å². The molecule has 0 aliphatic heterocycles. The average Bonchev–Trinajstić information content (AvgIpc) is 2.40. The molecule has 0 saturated carbocycles. The molecule has 1 N–H and O–H groups in total. The van der Waals surface area contributed by atoms with Crippen molar-refractivity contribution in [1.82, 2.24) is 0 Å². The Balaban J connectivity index is 2.42. The van der Waals surface area contributed by atoms with Crippen molar-refractivity contribution in [3.63, 3.8) is 0 Å². The van der Waals surface area contributed by atoms with Gasteiger partial charge in [0.05, 0.1) is 12.8 Å². The first kappa shape index (κ1) is 15.7. The number of benzene rings is 2. The van der Waals surface area contributed by atoms with Crippen molar-refractivity contribution in [2.45, 2.75) is 4.90 Å². The van der Waals surface area contributed by atoms with E-state index < -0.39 is 26.6 Å². The molecule has 2 aromatic rings. The zero-order valence-electron chi connectivity index (χ0n) is 10.7. The first-order valence-corrected chi connectivity index (χ1v) is 7.92. The summed E-state index contributed by atoms with van der Waals surface area (Å²) < 4.78 is 58.9. The number of anilines is 1. The Kier molecular flexibility index (Phi) is 4.48. The Bertz CT molecular complexity index is 781. The highest BCUT2D eigenvalue weighted by Crippen LogP contribution is 2.26. The van der Waals surface area contributed by atoms with Gasteiger partial charge in [0, 0.05) is 10.5 Å². The number of ether oxygens (including phenoxy) is 1. The van der Waals surface area contributed by atoms with Gasteiger partial charge in [-0.05, 0) is 30.3 Å². The summed E-state index contributed by atoms with van der Waals surface area (Å²) in [4.78, 5) is -0.576. The third kappa shape index (κ3) is 3.51. The molecular weight excluding hydrogens is 368 g/mol. The van der Waals surface area contributed by atoms with Crippen LogP contribution in [0.25, 0.3) is 0 Å². The molecule has 0 aliphatic rings. The molecule has 0 unspecified atom stereocenters. The molecule has 0 atom stereocenters. The minimum absolute atomic E-state index is 0.269. The molecule has 4 nitrogen and oxygen atoms in total. The Morgan fingerprint density at radius 3 is 2.43 bits per heavy atom. The predicted molar refractivity (Wildman–Crippen MR) is 77.9 cm³/mol. The normalized spacial score (nSPS) is 11.2. The lowest BCUT2D eigenvalue weighted by atomic mass is 10.3. The number of hydrogen-bond acceptors (Lipinski definition) is 3. The number of nitrogens with one attached hydrogen (secondary N) is 1. The van der Waals surface area contributed by atoms with Crippen molar-refractivity contribution in [3.05, 3.63) is 52.5 Å². The maximum Gasteiger partial charge on any atom is 0.264 e. The summed E-state index contributed by atoms with van der Waals surface area (Å²) >= 11 is 3.03. The van der Waals surface area contributed by atoms with Crippen LogP contribution in [0.3, 0.4) is 0 Å². The van der Waals surface area contributed by atoms with E-state index in [1.807, 2.05) is 4.72 Å². The molecular formula is C13H10BrF2NO3S. The van der Waals surface area contributed by atoms with Crippen LogP contribution in [0.1, 0.15) is 0 Å². The summed E-state index contributed by atoms with van der Waals surface area (Å²) in [5.74, 6) is -1.47. The Labute approximate surface area is 128 Å². The third-order valence-electron chi connectivity index (χ3n) is 2.60. The zero-order valence-corrected chi connectivity index (χ0v) is 13.1. The Hall–Kier alpha value is -1.67. The van der Waals surface area contributed by atoms with Crippen LogP contribution in [0.15, 0.2) is 45.8 Å². The maximum absolute atomic E-state index is 13.7. The summed E-state index contributed by atoms with van der Waals surface area (Å²) in [7, 11) is -2.89. The Morgan fingerprint density at radius 2 is 1.81 bits per heavy atom. The summed E-state index contributed by atoms with van der Waals surface area (Å²) in [5.41, 5.74) is -0.323. The topological polar surface area (TPSA) is 55.4 Å². The lowest BCUT2D eigenvalue weighted by Crippen LogP contribution is -2.15. The van der Waals surface area contributed by atoms with Gasteiger partial charge in [0.15, 0.2) is 0 Å². The van der Waals surface area contributed by atoms with E-state index in [0.29, 0.717) is 4.47 Å². The zero-order chi connectivity index (χ0) is 15.6. The van der Waals surface area contributed by atoms with E-state index >= 15 is 0 Å². The summed E-state index contributed by atoms with van der Waals surface area (Å²) in [6.07, 6.45) is 0. The van der Waals surface area contributed by atoms with Crippen LogP contribution in [0.4, 0.5) is 14.5 Å². The molecule has 2 aromatic carbocycles. The van der Waals surface area contributed by atoms with Crippen molar-refractivity contribution < 1.29 is 21.9 Å². The number of halogens is 3. The first-order valence-electron chi connectivity index (χ1n) is 5.65. The van der Waals surface area contributed by atoms with Gasteiger partial charge in [-0.2, -0.15) is 0 Å². The van der Waals surface area contributed by atoms with Crippen molar-refractivity contribution in [3.8, 4) is 5.75 Å². The largest absolute Gasteiger partial charge is 0.497 e. The van der Waals surface area contributed by atoms with E-state index in [0.717, 1.165) is 18.2 Å². The lowest BCUT2D eigenvalue weighted by molar-refractivity contribution is 0.414. The van der Waals surface area contributed by atoms with E-state index in [4.69, 9.17) is 4.74 Å². The molecule has 2 rings (SSSR count). The lowest BCUT2D eigenvalue weighted by Gasteiger charge is -2.11. The van der Waals surface area contributed by atoms with Crippen LogP contribution in [0, 0.1) is 11.6 Å². The van der Waals surface area contributed by atoms with Crippen molar-refractivity contribution in [1.29, 1.82) is 0 Å². The van der Waals surface area contributed by atoms with Gasteiger partial charge >= 0.3 is 0 Å². The summed E-state index contributed by atoms with van der Waals surface area (Å²) in [5, 5.41) is 0. The molecule has 0 aliphatic carbocycles. The maximum atomic E-state index is 13.7. The fourth-order valence-electron chi connectivity index (χ4n) is 1.60. The van der Waals surface area contributed by atoms with Gasteiger partial charge in [-0.15, -0.1) is 0 Å². The minimum Gasteiger partial charge on any atom is -0.497 e. The van der Waals surface area contributed by atoms with E-state index in [9.17, 15) is 17.2 Å². The molecule has 0 spiro atoms. The highest BCUT2D eigenvalue weighted by molar-refractivity contribution is 9.10. The van der Waals surface area contributed by atoms with Crippen LogP contribution in [-0.4, -0.2) is 15.5 Å². The molecule has 0 fully saturated rings. The van der Waals surface area contributed by atoms with Gasteiger partial charge in [0.25, 0.3) is 10.0 Å². The molecule has 0 heterocycles. The molecule has 0 radical (unpaired) electrons. The van der Waals surface area contributed by atoms with Gasteiger partial charge in [-0.1, -0.05) is 15.9 Å². The fourth-order valence-corrected chi connectivity index (χ4v) is 3.05. The average molecular weight is 378 g/mol. The second-order valence-electron chi connectivity index (χ2n) is 4.03. The molecule has 112 valence electrons. The third-order valence-corrected chi connectivity index (χ3v) is 4.49. The highest BCUT2D eigenvalue weighted by Gasteiger charge is 2.21. The second kappa shape index (κ2) is 5.98. The molecule has 21 heavy (non-hydrogen) atoms. The molecule has 8 heteroatoms. The number of rotatable bonds is 4. The first-order chi connectivity index (χ1) is 9.83. The van der Waals surface area contributed by atoms with Gasteiger partial charge < -0.3 is 4.74 Å². The Morgan fingerprint density at radius 1 is 1.10 bits per heavy atom. The standard InChI is InChI=1S/C13H10BrF2NO3S/c1-20-9-3-4-10(15)12(7-9)17-21(18,19)13-5-2-8(14)6-11(13)16/h2-7,17H,1H3. The van der Waals surface area contributed by atoms with Crippen molar-refractivity contribution in [2.24, 2.45) is 0 Å². The summed E-state index contributed by atoms with van der Waals surface area (Å²) in [6, 6.07) is 7.03. The van der Waals surface area contributed by atoms with Gasteiger partial charge in [0.2, 0.25) is 0 Å². The SMILES string of the molecule is COc1ccc(F)c(NS(=O)(=O)c2ccc(Br)cc2F)c1. The minimum atomic E-state index is -4.25. The van der Waals surface area contributed by atoms with Gasteiger partial charge in [0.1, 0.15) is 22.3 Å². The van der Waals surface area contributed by atoms with E-state index in [1.54, 1.807) is 0 Å². The van der Waals surface area contributed by atoms with Crippen LogP contribution in [-0.2, 0) is 10.0 Å². The molecule has 0 amide bonds. The summed E-state index contributed by atoms with van der Waals surface area (Å²) in [6.45, 7) is 0. The van der Waals surface area contributed by atoms with Crippen LogP contribution >= 0.6 is 15.9 Å². The number of hydrogen-bond donors (Lipinski definition) is 1. The van der Waals surface area contributed by atoms with Crippen LogP contribution < -0.4 is 9.46 Å². The van der Waals surface area contributed by atoms with Crippen molar-refractivity contribution >= 4 is 31.6 Å². The predicted octanol–water partition coefficient (Wildman–Crippen LogP) is 3.54. The van der Waals surface area contributed by atoms with Crippen LogP contribution in [0.2, 0.25) is 0 Å².